The van der Waals surface area contributed by atoms with Crippen molar-refractivity contribution < 1.29 is 4.74 Å². The minimum absolute atomic E-state index is 0.111. The van der Waals surface area contributed by atoms with Crippen molar-refractivity contribution in [3.8, 4) is 5.75 Å². The highest BCUT2D eigenvalue weighted by Gasteiger charge is 2.10. The van der Waals surface area contributed by atoms with E-state index in [0.29, 0.717) is 6.61 Å². The van der Waals surface area contributed by atoms with Crippen molar-refractivity contribution in [2.45, 2.75) is 44.4 Å². The first kappa shape index (κ1) is 16.3. The van der Waals surface area contributed by atoms with Gasteiger partial charge >= 0.3 is 0 Å². The van der Waals surface area contributed by atoms with Gasteiger partial charge in [-0.3, -0.25) is 0 Å². The summed E-state index contributed by atoms with van der Waals surface area (Å²) in [5, 5.41) is 6.62. The van der Waals surface area contributed by atoms with Crippen molar-refractivity contribution >= 4 is 23.1 Å². The molecule has 0 amide bonds. The van der Waals surface area contributed by atoms with E-state index in [2.05, 4.69) is 48.8 Å². The third-order valence-corrected chi connectivity index (χ3v) is 4.49. The number of thiazole rings is 1. The number of benzene rings is 1. The minimum atomic E-state index is 0.111. The fraction of sp³-hybridized carbons (Fsp3) is 0.438. The third kappa shape index (κ3) is 5.34. The average Bonchev–Trinajstić information content (AvgIpc) is 2.90. The summed E-state index contributed by atoms with van der Waals surface area (Å²) in [5.74, 6) is 0.923. The largest absolute Gasteiger partial charge is 0.486 e. The number of para-hydroxylation sites is 1. The Morgan fingerprint density at radius 2 is 2.05 bits per heavy atom. The highest BCUT2D eigenvalue weighted by Crippen LogP contribution is 2.27. The lowest BCUT2D eigenvalue weighted by atomic mass is 10.1. The summed E-state index contributed by atoms with van der Waals surface area (Å²) in [6.07, 6.45) is 2.06. The number of ether oxygens (including phenoxy) is 1. The van der Waals surface area contributed by atoms with Gasteiger partial charge in [0.25, 0.3) is 0 Å². The molecule has 0 atom stereocenters. The molecule has 2 rings (SSSR count). The molecule has 0 radical (unpaired) electrons. The van der Waals surface area contributed by atoms with Gasteiger partial charge in [-0.2, -0.15) is 0 Å². The van der Waals surface area contributed by atoms with Crippen molar-refractivity contribution in [3.63, 3.8) is 0 Å². The number of aromatic nitrogens is 1. The molecule has 1 N–H and O–H groups in total. The van der Waals surface area contributed by atoms with Crippen LogP contribution in [0.25, 0.3) is 0 Å². The number of hydrogen-bond donors (Lipinski definition) is 1. The van der Waals surface area contributed by atoms with Gasteiger partial charge < -0.3 is 10.1 Å². The molecule has 114 valence electrons. The van der Waals surface area contributed by atoms with E-state index in [0.717, 1.165) is 27.9 Å². The molecule has 0 aliphatic heterocycles. The Hall–Kier alpha value is -1.04. The Bertz CT molecular complexity index is 576. The molecule has 0 bridgehead atoms. The zero-order chi connectivity index (χ0) is 15.3. The standard InChI is InChI=1S/C16H22N2OS2/c1-16(2,3)17-9-15-18-12(11-21-15)10-19-13-7-5-6-8-14(13)20-4/h5-8,11,17H,9-10H2,1-4H3. The fourth-order valence-electron chi connectivity index (χ4n) is 1.73. The van der Waals surface area contributed by atoms with Crippen LogP contribution in [0.2, 0.25) is 0 Å². The van der Waals surface area contributed by atoms with Crippen LogP contribution in [0.3, 0.4) is 0 Å². The summed E-state index contributed by atoms with van der Waals surface area (Å²) in [6.45, 7) is 7.79. The Kier molecular flexibility index (Phi) is 5.67. The van der Waals surface area contributed by atoms with Gasteiger partial charge in [-0.1, -0.05) is 12.1 Å². The van der Waals surface area contributed by atoms with Gasteiger partial charge in [0.15, 0.2) is 0 Å². The second-order valence-corrected chi connectivity index (χ2v) is 7.57. The van der Waals surface area contributed by atoms with Gasteiger partial charge in [0.05, 0.1) is 5.69 Å². The van der Waals surface area contributed by atoms with Crippen LogP contribution >= 0.6 is 23.1 Å². The van der Waals surface area contributed by atoms with Crippen LogP contribution in [0.1, 0.15) is 31.5 Å². The van der Waals surface area contributed by atoms with Crippen LogP contribution in [0, 0.1) is 0 Å². The van der Waals surface area contributed by atoms with E-state index in [-0.39, 0.29) is 5.54 Å². The Labute approximate surface area is 135 Å². The molecule has 0 aliphatic rings. The van der Waals surface area contributed by atoms with Crippen LogP contribution in [-0.2, 0) is 13.2 Å². The summed E-state index contributed by atoms with van der Waals surface area (Å²) in [7, 11) is 0. The number of rotatable bonds is 6. The van der Waals surface area contributed by atoms with E-state index in [1.54, 1.807) is 23.1 Å². The maximum absolute atomic E-state index is 5.88. The molecule has 0 saturated heterocycles. The summed E-state index contributed by atoms with van der Waals surface area (Å²) in [5.41, 5.74) is 1.10. The van der Waals surface area contributed by atoms with Crippen molar-refractivity contribution in [3.05, 3.63) is 40.3 Å². The number of hydrogen-bond acceptors (Lipinski definition) is 5. The zero-order valence-corrected chi connectivity index (χ0v) is 14.6. The molecule has 0 fully saturated rings. The molecule has 0 unspecified atom stereocenters. The molecule has 2 aromatic rings. The predicted octanol–water partition coefficient (Wildman–Crippen LogP) is 4.33. The molecule has 1 heterocycles. The first-order chi connectivity index (χ1) is 9.98. The van der Waals surface area contributed by atoms with Gasteiger partial charge in [-0.15, -0.1) is 23.1 Å². The number of nitrogens with one attached hydrogen (secondary N) is 1. The zero-order valence-electron chi connectivity index (χ0n) is 13.0. The molecular formula is C16H22N2OS2. The van der Waals surface area contributed by atoms with Crippen molar-refractivity contribution in [1.29, 1.82) is 0 Å². The minimum Gasteiger partial charge on any atom is -0.486 e. The lowest BCUT2D eigenvalue weighted by Crippen LogP contribution is -2.35. The summed E-state index contributed by atoms with van der Waals surface area (Å²) >= 11 is 3.37. The maximum Gasteiger partial charge on any atom is 0.133 e. The molecule has 1 aromatic heterocycles. The van der Waals surface area contributed by atoms with Gasteiger partial charge in [0, 0.05) is 22.4 Å². The monoisotopic (exact) mass is 322 g/mol. The summed E-state index contributed by atoms with van der Waals surface area (Å²) in [4.78, 5) is 5.76. The molecule has 1 aromatic carbocycles. The van der Waals surface area contributed by atoms with E-state index in [9.17, 15) is 0 Å². The van der Waals surface area contributed by atoms with E-state index < -0.39 is 0 Å². The lowest BCUT2D eigenvalue weighted by molar-refractivity contribution is 0.294. The second-order valence-electron chi connectivity index (χ2n) is 5.78. The highest BCUT2D eigenvalue weighted by molar-refractivity contribution is 7.98. The first-order valence-corrected chi connectivity index (χ1v) is 9.02. The van der Waals surface area contributed by atoms with Crippen LogP contribution in [0.15, 0.2) is 34.5 Å². The Morgan fingerprint density at radius 1 is 1.29 bits per heavy atom. The maximum atomic E-state index is 5.88. The van der Waals surface area contributed by atoms with Crippen molar-refractivity contribution in [2.24, 2.45) is 0 Å². The van der Waals surface area contributed by atoms with Gasteiger partial charge in [0.1, 0.15) is 17.4 Å². The third-order valence-electron chi connectivity index (χ3n) is 2.81. The second kappa shape index (κ2) is 7.29. The van der Waals surface area contributed by atoms with E-state index in [1.807, 2.05) is 18.2 Å². The average molecular weight is 322 g/mol. The smallest absolute Gasteiger partial charge is 0.133 e. The van der Waals surface area contributed by atoms with Gasteiger partial charge in [-0.05, 0) is 39.2 Å². The molecule has 0 saturated carbocycles. The lowest BCUT2D eigenvalue weighted by Gasteiger charge is -2.19. The SMILES string of the molecule is CSc1ccccc1OCc1csc(CNC(C)(C)C)n1. The van der Waals surface area contributed by atoms with E-state index in [4.69, 9.17) is 4.74 Å². The fourth-order valence-corrected chi connectivity index (χ4v) is 2.99. The van der Waals surface area contributed by atoms with Crippen molar-refractivity contribution in [2.75, 3.05) is 6.26 Å². The van der Waals surface area contributed by atoms with Crippen LogP contribution < -0.4 is 10.1 Å². The Balaban J connectivity index is 1.91. The molecular weight excluding hydrogens is 300 g/mol. The summed E-state index contributed by atoms with van der Waals surface area (Å²) in [6, 6.07) is 8.09. The number of thioether (sulfide) groups is 1. The van der Waals surface area contributed by atoms with Crippen LogP contribution in [0.5, 0.6) is 5.75 Å². The van der Waals surface area contributed by atoms with Gasteiger partial charge in [-0.25, -0.2) is 4.98 Å². The quantitative estimate of drug-likeness (QED) is 0.803. The topological polar surface area (TPSA) is 34.1 Å². The first-order valence-electron chi connectivity index (χ1n) is 6.92. The molecule has 5 heteroatoms. The van der Waals surface area contributed by atoms with Crippen molar-refractivity contribution in [1.82, 2.24) is 10.3 Å². The Morgan fingerprint density at radius 3 is 2.76 bits per heavy atom. The molecule has 3 nitrogen and oxygen atoms in total. The van der Waals surface area contributed by atoms with Crippen LogP contribution in [0.4, 0.5) is 0 Å². The predicted molar refractivity (Wildman–Crippen MR) is 91.3 cm³/mol. The van der Waals surface area contributed by atoms with E-state index in [1.165, 1.54) is 0 Å². The van der Waals surface area contributed by atoms with Crippen LogP contribution in [-0.4, -0.2) is 16.8 Å². The molecule has 0 spiro atoms. The molecule has 0 aliphatic carbocycles. The van der Waals surface area contributed by atoms with E-state index >= 15 is 0 Å². The molecule has 21 heavy (non-hydrogen) atoms. The normalized spacial score (nSPS) is 11.6. The number of nitrogens with zero attached hydrogens (tertiary/aromatic N) is 1. The summed E-state index contributed by atoms with van der Waals surface area (Å²) < 4.78 is 5.88. The van der Waals surface area contributed by atoms with Gasteiger partial charge in [0.2, 0.25) is 0 Å². The highest BCUT2D eigenvalue weighted by atomic mass is 32.2.